The molecule has 25 heavy (non-hydrogen) atoms. The number of aromatic nitrogens is 2. The Balaban J connectivity index is 1.63. The fraction of sp³-hybridized carbons (Fsp3) is 0.176. The summed E-state index contributed by atoms with van der Waals surface area (Å²) in [4.78, 5) is 4.44. The molecular formula is C17H16ClN3O3S. The van der Waals surface area contributed by atoms with E-state index < -0.39 is 10.0 Å². The van der Waals surface area contributed by atoms with E-state index in [1.54, 1.807) is 13.0 Å². The minimum Gasteiger partial charge on any atom is -0.334 e. The molecule has 2 aromatic carbocycles. The van der Waals surface area contributed by atoms with Crippen LogP contribution in [0.2, 0.25) is 5.02 Å². The highest BCUT2D eigenvalue weighted by Gasteiger charge is 2.15. The Morgan fingerprint density at radius 1 is 1.16 bits per heavy atom. The van der Waals surface area contributed by atoms with Crippen LogP contribution in [0.15, 0.2) is 57.9 Å². The number of halogens is 1. The number of nitrogens with one attached hydrogen (secondary N) is 1. The highest BCUT2D eigenvalue weighted by atomic mass is 35.5. The SMILES string of the molecule is Cc1cc(S(=O)(=O)NCCc2noc(-c3ccccc3)n2)ccc1Cl. The summed E-state index contributed by atoms with van der Waals surface area (Å²) in [5, 5.41) is 4.40. The predicted molar refractivity (Wildman–Crippen MR) is 94.8 cm³/mol. The third kappa shape index (κ3) is 4.25. The van der Waals surface area contributed by atoms with Gasteiger partial charge in [0, 0.05) is 23.6 Å². The number of hydrogen-bond donors (Lipinski definition) is 1. The second-order valence-corrected chi connectivity index (χ2v) is 7.61. The molecule has 0 aliphatic rings. The quantitative estimate of drug-likeness (QED) is 0.712. The molecule has 0 aliphatic carbocycles. The average Bonchev–Trinajstić information content (AvgIpc) is 3.07. The van der Waals surface area contributed by atoms with Crippen LogP contribution in [-0.4, -0.2) is 25.1 Å². The number of rotatable bonds is 6. The summed E-state index contributed by atoms with van der Waals surface area (Å²) < 4.78 is 32.3. The van der Waals surface area contributed by atoms with Crippen LogP contribution in [0.25, 0.3) is 11.5 Å². The molecule has 1 heterocycles. The number of benzene rings is 2. The highest BCUT2D eigenvalue weighted by Crippen LogP contribution is 2.19. The van der Waals surface area contributed by atoms with Gasteiger partial charge in [0.15, 0.2) is 5.82 Å². The summed E-state index contributed by atoms with van der Waals surface area (Å²) in [6, 6.07) is 13.9. The fourth-order valence-corrected chi connectivity index (χ4v) is 3.45. The van der Waals surface area contributed by atoms with Gasteiger partial charge in [0.1, 0.15) is 0 Å². The van der Waals surface area contributed by atoms with Crippen LogP contribution < -0.4 is 4.72 Å². The molecule has 0 aliphatic heterocycles. The molecule has 1 aromatic heterocycles. The maximum absolute atomic E-state index is 12.3. The van der Waals surface area contributed by atoms with Crippen LogP contribution in [0.1, 0.15) is 11.4 Å². The van der Waals surface area contributed by atoms with Gasteiger partial charge in [0.25, 0.3) is 5.89 Å². The summed E-state index contributed by atoms with van der Waals surface area (Å²) in [6.07, 6.45) is 0.322. The van der Waals surface area contributed by atoms with Crippen molar-refractivity contribution in [2.45, 2.75) is 18.2 Å². The van der Waals surface area contributed by atoms with E-state index in [0.717, 1.165) is 5.56 Å². The molecule has 0 radical (unpaired) electrons. The van der Waals surface area contributed by atoms with E-state index in [-0.39, 0.29) is 11.4 Å². The summed E-state index contributed by atoms with van der Waals surface area (Å²) >= 11 is 5.93. The Morgan fingerprint density at radius 3 is 2.64 bits per heavy atom. The molecule has 0 saturated carbocycles. The summed E-state index contributed by atoms with van der Waals surface area (Å²) in [6.45, 7) is 1.92. The van der Waals surface area contributed by atoms with Crippen molar-refractivity contribution in [2.24, 2.45) is 0 Å². The molecule has 8 heteroatoms. The van der Waals surface area contributed by atoms with Crippen molar-refractivity contribution in [3.05, 3.63) is 64.9 Å². The van der Waals surface area contributed by atoms with Gasteiger partial charge in [-0.3, -0.25) is 0 Å². The minimum atomic E-state index is -3.61. The van der Waals surface area contributed by atoms with Gasteiger partial charge in [-0.1, -0.05) is 35.0 Å². The average molecular weight is 378 g/mol. The summed E-state index contributed by atoms with van der Waals surface area (Å²) in [5.74, 6) is 0.848. The largest absolute Gasteiger partial charge is 0.334 e. The maximum Gasteiger partial charge on any atom is 0.257 e. The van der Waals surface area contributed by atoms with Gasteiger partial charge >= 0.3 is 0 Å². The zero-order valence-corrected chi connectivity index (χ0v) is 15.0. The molecule has 0 saturated heterocycles. The Bertz CT molecular complexity index is 972. The topological polar surface area (TPSA) is 85.1 Å². The van der Waals surface area contributed by atoms with Crippen LogP contribution in [-0.2, 0) is 16.4 Å². The third-order valence-corrected chi connectivity index (χ3v) is 5.45. The van der Waals surface area contributed by atoms with E-state index >= 15 is 0 Å². The van der Waals surface area contributed by atoms with Gasteiger partial charge in [0.05, 0.1) is 4.90 Å². The van der Waals surface area contributed by atoms with E-state index in [1.165, 1.54) is 12.1 Å². The van der Waals surface area contributed by atoms with Crippen molar-refractivity contribution in [3.63, 3.8) is 0 Å². The maximum atomic E-state index is 12.3. The van der Waals surface area contributed by atoms with Crippen LogP contribution in [0.3, 0.4) is 0 Å². The zero-order valence-electron chi connectivity index (χ0n) is 13.4. The van der Waals surface area contributed by atoms with Gasteiger partial charge in [-0.15, -0.1) is 0 Å². The van der Waals surface area contributed by atoms with Crippen molar-refractivity contribution in [1.82, 2.24) is 14.9 Å². The normalized spacial score (nSPS) is 11.6. The molecule has 0 spiro atoms. The second-order valence-electron chi connectivity index (χ2n) is 5.44. The first-order chi connectivity index (χ1) is 12.0. The predicted octanol–water partition coefficient (Wildman–Crippen LogP) is 3.22. The Hall–Kier alpha value is -2.22. The van der Waals surface area contributed by atoms with Crippen molar-refractivity contribution in [3.8, 4) is 11.5 Å². The van der Waals surface area contributed by atoms with Crippen molar-refractivity contribution >= 4 is 21.6 Å². The van der Waals surface area contributed by atoms with E-state index in [2.05, 4.69) is 14.9 Å². The minimum absolute atomic E-state index is 0.164. The van der Waals surface area contributed by atoms with Crippen molar-refractivity contribution in [1.29, 1.82) is 0 Å². The molecule has 0 amide bonds. The standard InChI is InChI=1S/C17H16ClN3O3S/c1-12-11-14(7-8-15(12)18)25(22,23)19-10-9-16-20-17(24-21-16)13-5-3-2-4-6-13/h2-8,11,19H,9-10H2,1H3. The van der Waals surface area contributed by atoms with Gasteiger partial charge < -0.3 is 4.52 Å². The molecular weight excluding hydrogens is 362 g/mol. The first kappa shape index (κ1) is 17.6. The smallest absolute Gasteiger partial charge is 0.257 e. The Kier molecular flexibility index (Phi) is 5.17. The molecule has 0 fully saturated rings. The lowest BCUT2D eigenvalue weighted by atomic mass is 10.2. The van der Waals surface area contributed by atoms with Gasteiger partial charge in [-0.05, 0) is 42.8 Å². The van der Waals surface area contributed by atoms with E-state index in [0.29, 0.717) is 28.7 Å². The number of aryl methyl sites for hydroxylation is 1. The molecule has 3 aromatic rings. The fourth-order valence-electron chi connectivity index (χ4n) is 2.22. The van der Waals surface area contributed by atoms with Crippen LogP contribution in [0.5, 0.6) is 0 Å². The highest BCUT2D eigenvalue weighted by molar-refractivity contribution is 7.89. The van der Waals surface area contributed by atoms with E-state index in [9.17, 15) is 8.42 Å². The van der Waals surface area contributed by atoms with E-state index in [1.807, 2.05) is 30.3 Å². The Morgan fingerprint density at radius 2 is 1.92 bits per heavy atom. The zero-order chi connectivity index (χ0) is 17.9. The molecule has 3 rings (SSSR count). The third-order valence-electron chi connectivity index (χ3n) is 3.57. The van der Waals surface area contributed by atoms with Crippen molar-refractivity contribution in [2.75, 3.05) is 6.54 Å². The summed E-state index contributed by atoms with van der Waals surface area (Å²) in [5.41, 5.74) is 1.52. The van der Waals surface area contributed by atoms with E-state index in [4.69, 9.17) is 16.1 Å². The van der Waals surface area contributed by atoms with Gasteiger partial charge in [0.2, 0.25) is 10.0 Å². The monoisotopic (exact) mass is 377 g/mol. The lowest BCUT2D eigenvalue weighted by Gasteiger charge is -2.07. The first-order valence-corrected chi connectivity index (χ1v) is 9.46. The van der Waals surface area contributed by atoms with Crippen LogP contribution >= 0.6 is 11.6 Å². The Labute approximate surface area is 150 Å². The van der Waals surface area contributed by atoms with Crippen LogP contribution in [0, 0.1) is 6.92 Å². The number of nitrogens with zero attached hydrogens (tertiary/aromatic N) is 2. The summed E-state index contributed by atoms with van der Waals surface area (Å²) in [7, 11) is -3.61. The first-order valence-electron chi connectivity index (χ1n) is 7.59. The molecule has 0 unspecified atom stereocenters. The molecule has 130 valence electrons. The van der Waals surface area contributed by atoms with Crippen molar-refractivity contribution < 1.29 is 12.9 Å². The van der Waals surface area contributed by atoms with Crippen LogP contribution in [0.4, 0.5) is 0 Å². The number of sulfonamides is 1. The van der Waals surface area contributed by atoms with Gasteiger partial charge in [-0.25, -0.2) is 13.1 Å². The number of hydrogen-bond acceptors (Lipinski definition) is 5. The second kappa shape index (κ2) is 7.35. The lowest BCUT2D eigenvalue weighted by molar-refractivity contribution is 0.422. The lowest BCUT2D eigenvalue weighted by Crippen LogP contribution is -2.26. The molecule has 1 N–H and O–H groups in total. The van der Waals surface area contributed by atoms with Gasteiger partial charge in [-0.2, -0.15) is 4.98 Å². The molecule has 0 bridgehead atoms. The molecule has 0 atom stereocenters. The molecule has 6 nitrogen and oxygen atoms in total.